The Morgan fingerprint density at radius 3 is 2.56 bits per heavy atom. The Morgan fingerprint density at radius 1 is 1.08 bits per heavy atom. The molecule has 0 atom stereocenters. The van der Waals surface area contributed by atoms with Crippen LogP contribution in [0.2, 0.25) is 0 Å². The second kappa shape index (κ2) is 6.90. The quantitative estimate of drug-likeness (QED) is 0.654. The third-order valence-corrected chi connectivity index (χ3v) is 5.31. The number of H-pyrrole nitrogens is 1. The van der Waals surface area contributed by atoms with Crippen LogP contribution < -0.4 is 4.74 Å². The maximum atomic E-state index is 11.5. The van der Waals surface area contributed by atoms with Gasteiger partial charge in [0.1, 0.15) is 5.75 Å². The molecule has 0 aliphatic heterocycles. The van der Waals surface area contributed by atoms with Crippen molar-refractivity contribution in [3.05, 3.63) is 59.3 Å². The van der Waals surface area contributed by atoms with Crippen molar-refractivity contribution in [2.75, 3.05) is 7.11 Å². The summed E-state index contributed by atoms with van der Waals surface area (Å²) in [6, 6.07) is 10.9. The molecule has 0 saturated heterocycles. The highest BCUT2D eigenvalue weighted by Gasteiger charge is 2.15. The van der Waals surface area contributed by atoms with Gasteiger partial charge in [0.05, 0.1) is 12.0 Å². The molecule has 0 unspecified atom stereocenters. The van der Waals surface area contributed by atoms with Gasteiger partial charge in [0.25, 0.3) is 10.1 Å². The second-order valence-corrected chi connectivity index (χ2v) is 7.56. The zero-order valence-electron chi connectivity index (χ0n) is 14.2. The molecule has 1 heterocycles. The van der Waals surface area contributed by atoms with E-state index in [9.17, 15) is 13.0 Å². The third kappa shape index (κ3) is 3.86. The Morgan fingerprint density at radius 2 is 1.84 bits per heavy atom. The van der Waals surface area contributed by atoms with E-state index in [4.69, 9.17) is 4.74 Å². The molecular formula is C19H21NO4S. The van der Waals surface area contributed by atoms with Crippen molar-refractivity contribution < 1.29 is 17.7 Å². The molecule has 2 N–H and O–H groups in total. The number of aromatic amines is 1. The summed E-state index contributed by atoms with van der Waals surface area (Å²) in [5, 5.41) is 1.11. The minimum atomic E-state index is -4.20. The average Bonchev–Trinajstić information content (AvgIpc) is 2.96. The molecule has 0 spiro atoms. The van der Waals surface area contributed by atoms with Crippen LogP contribution in [-0.2, 0) is 23.0 Å². The fourth-order valence-corrected chi connectivity index (χ4v) is 3.85. The maximum absolute atomic E-state index is 11.5. The molecule has 0 saturated carbocycles. The van der Waals surface area contributed by atoms with Crippen LogP contribution in [0.15, 0.2) is 47.5 Å². The van der Waals surface area contributed by atoms with Crippen molar-refractivity contribution in [1.82, 2.24) is 4.98 Å². The molecule has 0 aliphatic carbocycles. The zero-order chi connectivity index (χ0) is 18.0. The van der Waals surface area contributed by atoms with Crippen molar-refractivity contribution in [1.29, 1.82) is 0 Å². The lowest BCUT2D eigenvalue weighted by Crippen LogP contribution is -2.04. The van der Waals surface area contributed by atoms with E-state index >= 15 is 0 Å². The van der Waals surface area contributed by atoms with Crippen LogP contribution in [0.25, 0.3) is 10.9 Å². The van der Waals surface area contributed by atoms with Crippen LogP contribution in [0.5, 0.6) is 5.75 Å². The van der Waals surface area contributed by atoms with Gasteiger partial charge in [-0.3, -0.25) is 4.55 Å². The molecule has 2 aromatic carbocycles. The van der Waals surface area contributed by atoms with Crippen molar-refractivity contribution in [3.63, 3.8) is 0 Å². The predicted octanol–water partition coefficient (Wildman–Crippen LogP) is 3.91. The Kier molecular flexibility index (Phi) is 4.83. The van der Waals surface area contributed by atoms with Gasteiger partial charge in [-0.2, -0.15) is 8.42 Å². The van der Waals surface area contributed by atoms with Gasteiger partial charge < -0.3 is 9.72 Å². The smallest absolute Gasteiger partial charge is 0.294 e. The number of methoxy groups -OCH3 is 1. The fraction of sp³-hybridized carbons (Fsp3) is 0.263. The number of aryl methyl sites for hydroxylation is 3. The van der Waals surface area contributed by atoms with E-state index < -0.39 is 10.1 Å². The van der Waals surface area contributed by atoms with Crippen LogP contribution in [0.1, 0.15) is 23.1 Å². The maximum Gasteiger partial charge on any atom is 0.294 e. The lowest BCUT2D eigenvalue weighted by Gasteiger charge is -2.08. The summed E-state index contributed by atoms with van der Waals surface area (Å²) in [7, 11) is -2.56. The topological polar surface area (TPSA) is 79.4 Å². The van der Waals surface area contributed by atoms with Gasteiger partial charge >= 0.3 is 0 Å². The van der Waals surface area contributed by atoms with Crippen LogP contribution in [0.3, 0.4) is 0 Å². The van der Waals surface area contributed by atoms with Crippen molar-refractivity contribution in [2.24, 2.45) is 0 Å². The Balaban J connectivity index is 1.79. The zero-order valence-corrected chi connectivity index (χ0v) is 15.1. The number of aromatic nitrogens is 1. The van der Waals surface area contributed by atoms with Crippen LogP contribution in [0.4, 0.5) is 0 Å². The van der Waals surface area contributed by atoms with Gasteiger partial charge in [0.15, 0.2) is 0 Å². The van der Waals surface area contributed by atoms with E-state index in [0.29, 0.717) is 12.0 Å². The molecule has 0 aliphatic rings. The Bertz CT molecular complexity index is 1010. The van der Waals surface area contributed by atoms with Crippen molar-refractivity contribution in [2.45, 2.75) is 31.1 Å². The average molecular weight is 359 g/mol. The van der Waals surface area contributed by atoms with Crippen molar-refractivity contribution in [3.8, 4) is 5.75 Å². The number of hydrogen-bond acceptors (Lipinski definition) is 3. The first-order chi connectivity index (χ1) is 11.9. The van der Waals surface area contributed by atoms with Crippen molar-refractivity contribution >= 4 is 21.0 Å². The minimum Gasteiger partial charge on any atom is -0.497 e. The molecular weight excluding hydrogens is 338 g/mol. The molecule has 1 aromatic heterocycles. The van der Waals surface area contributed by atoms with Gasteiger partial charge in [-0.15, -0.1) is 0 Å². The number of hydrogen-bond donors (Lipinski definition) is 2. The first-order valence-corrected chi connectivity index (χ1v) is 9.53. The monoisotopic (exact) mass is 359 g/mol. The van der Waals surface area contributed by atoms with Crippen LogP contribution >= 0.6 is 0 Å². The number of benzene rings is 2. The molecule has 25 heavy (non-hydrogen) atoms. The fourth-order valence-electron chi connectivity index (χ4n) is 3.12. The van der Waals surface area contributed by atoms with E-state index in [1.807, 2.05) is 37.4 Å². The molecule has 0 bridgehead atoms. The third-order valence-electron chi connectivity index (χ3n) is 4.36. The summed E-state index contributed by atoms with van der Waals surface area (Å²) in [6.07, 6.45) is 4.12. The molecule has 3 aromatic rings. The van der Waals surface area contributed by atoms with Gasteiger partial charge in [0, 0.05) is 17.1 Å². The second-order valence-electron chi connectivity index (χ2n) is 6.17. The van der Waals surface area contributed by atoms with E-state index in [1.54, 1.807) is 13.2 Å². The normalized spacial score (nSPS) is 11.8. The number of rotatable bonds is 6. The highest BCUT2D eigenvalue weighted by Crippen LogP contribution is 2.25. The molecule has 3 rings (SSSR count). The summed E-state index contributed by atoms with van der Waals surface area (Å²) in [5.74, 6) is 0.806. The summed E-state index contributed by atoms with van der Waals surface area (Å²) in [5.41, 5.74) is 3.83. The van der Waals surface area contributed by atoms with E-state index in [1.165, 1.54) is 6.07 Å². The predicted molar refractivity (Wildman–Crippen MR) is 97.9 cm³/mol. The lowest BCUT2D eigenvalue weighted by atomic mass is 10.0. The summed E-state index contributed by atoms with van der Waals surface area (Å²) in [4.78, 5) is 3.24. The minimum absolute atomic E-state index is 0.00121. The summed E-state index contributed by atoms with van der Waals surface area (Å²) in [6.45, 7) is 1.91. The first-order valence-electron chi connectivity index (χ1n) is 8.09. The van der Waals surface area contributed by atoms with Gasteiger partial charge in [-0.25, -0.2) is 0 Å². The summed E-state index contributed by atoms with van der Waals surface area (Å²) >= 11 is 0. The van der Waals surface area contributed by atoms with E-state index in [2.05, 4.69) is 4.98 Å². The molecule has 0 amide bonds. The van der Waals surface area contributed by atoms with Gasteiger partial charge in [-0.05, 0) is 61.6 Å². The number of nitrogens with one attached hydrogen (secondary N) is 1. The molecule has 0 radical (unpaired) electrons. The Labute approximate surface area is 147 Å². The van der Waals surface area contributed by atoms with Gasteiger partial charge in [-0.1, -0.05) is 17.7 Å². The highest BCUT2D eigenvalue weighted by molar-refractivity contribution is 7.85. The van der Waals surface area contributed by atoms with E-state index in [0.717, 1.165) is 40.6 Å². The largest absolute Gasteiger partial charge is 0.497 e. The molecule has 5 nitrogen and oxygen atoms in total. The summed E-state index contributed by atoms with van der Waals surface area (Å²) < 4.78 is 37.8. The lowest BCUT2D eigenvalue weighted by molar-refractivity contribution is 0.415. The van der Waals surface area contributed by atoms with Crippen LogP contribution in [0, 0.1) is 6.92 Å². The number of ether oxygens (including phenoxy) is 1. The Hall–Kier alpha value is -2.31. The first kappa shape index (κ1) is 17.5. The molecule has 6 heteroatoms. The number of fused-ring (bicyclic) bond motifs is 1. The molecule has 132 valence electrons. The standard InChI is InChI=1S/C19H21NO4S/c1-13-6-9-19(25(21,22)23)14(10-13)4-3-5-15-12-20-18-8-7-16(24-2)11-17(15)18/h6-12,20H,3-5H2,1-2H3,(H,21,22,23). The van der Waals surface area contributed by atoms with Crippen LogP contribution in [-0.4, -0.2) is 25.1 Å². The highest BCUT2D eigenvalue weighted by atomic mass is 32.2. The SMILES string of the molecule is COc1ccc2[nH]cc(CCCc3cc(C)ccc3S(=O)(=O)O)c2c1. The van der Waals surface area contributed by atoms with E-state index in [-0.39, 0.29) is 4.90 Å². The van der Waals surface area contributed by atoms with Gasteiger partial charge in [0.2, 0.25) is 0 Å². The molecule has 0 fully saturated rings.